The molecular formula is C50H36N4. The maximum atomic E-state index is 5.43. The zero-order chi connectivity index (χ0) is 36.2. The van der Waals surface area contributed by atoms with Gasteiger partial charge in [0, 0.05) is 67.4 Å². The Balaban J connectivity index is 1.11. The molecule has 0 spiro atoms. The number of rotatable bonds is 5. The highest BCUT2D eigenvalue weighted by Crippen LogP contribution is 2.45. The largest absolute Gasteiger partial charge is 0.258 e. The van der Waals surface area contributed by atoms with Gasteiger partial charge < -0.3 is 0 Å². The van der Waals surface area contributed by atoms with Gasteiger partial charge in [-0.25, -0.2) is 9.97 Å². The highest BCUT2D eigenvalue weighted by atomic mass is 14.9. The van der Waals surface area contributed by atoms with E-state index in [0.29, 0.717) is 11.7 Å². The third-order valence-corrected chi connectivity index (χ3v) is 10.8. The molecule has 54 heavy (non-hydrogen) atoms. The maximum Gasteiger partial charge on any atom is 0.160 e. The molecule has 3 aromatic heterocycles. The van der Waals surface area contributed by atoms with E-state index in [1.54, 1.807) is 0 Å². The van der Waals surface area contributed by atoms with Crippen LogP contribution in [0.15, 0.2) is 164 Å². The van der Waals surface area contributed by atoms with E-state index < -0.39 is 0 Å². The summed E-state index contributed by atoms with van der Waals surface area (Å²) in [5.41, 5.74) is 14.8. The fourth-order valence-corrected chi connectivity index (χ4v) is 8.16. The van der Waals surface area contributed by atoms with E-state index in [1.807, 2.05) is 13.0 Å². The lowest BCUT2D eigenvalue weighted by molar-refractivity contribution is 0.674. The van der Waals surface area contributed by atoms with Gasteiger partial charge in [-0.3, -0.25) is 9.97 Å². The van der Waals surface area contributed by atoms with Crippen LogP contribution in [0.1, 0.15) is 28.6 Å². The molecule has 0 radical (unpaired) electrons. The van der Waals surface area contributed by atoms with Gasteiger partial charge in [-0.1, -0.05) is 152 Å². The van der Waals surface area contributed by atoms with Gasteiger partial charge in [-0.2, -0.15) is 0 Å². The molecule has 0 fully saturated rings. The number of hydrogen-bond acceptors (Lipinski definition) is 4. The Morgan fingerprint density at radius 1 is 0.500 bits per heavy atom. The van der Waals surface area contributed by atoms with Crippen LogP contribution in [0, 0.1) is 19.8 Å². The molecule has 2 unspecified atom stereocenters. The third kappa shape index (κ3) is 5.55. The zero-order valence-corrected chi connectivity index (χ0v) is 30.1. The molecule has 5 aromatic carbocycles. The molecule has 4 heteroatoms. The first-order valence-corrected chi connectivity index (χ1v) is 18.6. The Kier molecular flexibility index (Phi) is 7.69. The van der Waals surface area contributed by atoms with Crippen molar-refractivity contribution in [2.24, 2.45) is 5.92 Å². The van der Waals surface area contributed by atoms with Crippen LogP contribution in [-0.2, 0) is 0 Å². The molecule has 2 aliphatic carbocycles. The van der Waals surface area contributed by atoms with E-state index in [2.05, 4.69) is 171 Å². The van der Waals surface area contributed by atoms with Crippen LogP contribution >= 0.6 is 0 Å². The minimum atomic E-state index is 0.205. The summed E-state index contributed by atoms with van der Waals surface area (Å²) in [4.78, 5) is 20.5. The predicted octanol–water partition coefficient (Wildman–Crippen LogP) is 12.4. The number of aromatic nitrogens is 4. The van der Waals surface area contributed by atoms with E-state index in [-0.39, 0.29) is 5.92 Å². The summed E-state index contributed by atoms with van der Waals surface area (Å²) in [6, 6.07) is 47.1. The van der Waals surface area contributed by atoms with Crippen molar-refractivity contribution in [2.75, 3.05) is 0 Å². The summed E-state index contributed by atoms with van der Waals surface area (Å²) in [5.74, 6) is 1.20. The van der Waals surface area contributed by atoms with Crippen molar-refractivity contribution in [3.8, 4) is 56.2 Å². The Morgan fingerprint density at radius 2 is 1.22 bits per heavy atom. The van der Waals surface area contributed by atoms with Gasteiger partial charge in [-0.15, -0.1) is 0 Å². The van der Waals surface area contributed by atoms with Crippen LogP contribution < -0.4 is 0 Å². The van der Waals surface area contributed by atoms with Crippen LogP contribution in [0.5, 0.6) is 0 Å². The molecule has 256 valence electrons. The van der Waals surface area contributed by atoms with Gasteiger partial charge >= 0.3 is 0 Å². The van der Waals surface area contributed by atoms with Gasteiger partial charge in [0.1, 0.15) is 0 Å². The first kappa shape index (κ1) is 31.9. The predicted molar refractivity (Wildman–Crippen MR) is 223 cm³/mol. The molecule has 2 atom stereocenters. The molecule has 8 aromatic rings. The monoisotopic (exact) mass is 692 g/mol. The topological polar surface area (TPSA) is 51.6 Å². The number of hydrogen-bond donors (Lipinski definition) is 0. The number of nitrogens with zero attached hydrogens (tertiary/aromatic N) is 4. The fraction of sp³-hybridized carbons (Fsp3) is 0.0800. The van der Waals surface area contributed by atoms with Crippen LogP contribution in [0.25, 0.3) is 83.9 Å². The molecule has 0 amide bonds. The first-order chi connectivity index (χ1) is 26.6. The first-order valence-electron chi connectivity index (χ1n) is 18.6. The molecule has 0 aliphatic heterocycles. The minimum absolute atomic E-state index is 0.205. The summed E-state index contributed by atoms with van der Waals surface area (Å²) in [6.45, 7) is 4.09. The summed E-state index contributed by atoms with van der Waals surface area (Å²) in [6.07, 6.45) is 13.5. The molecule has 2 aliphatic rings. The van der Waals surface area contributed by atoms with Gasteiger partial charge in [0.15, 0.2) is 5.82 Å². The van der Waals surface area contributed by atoms with E-state index in [0.717, 1.165) is 72.8 Å². The number of pyridine rings is 2. The second-order valence-electron chi connectivity index (χ2n) is 14.3. The SMILES string of the molecule is Cc1ccc(-c2cccc(-c3nc(-c4ccccc4)cc(-c4ccc(-c5c6c(nc7c5ccc5ccccc57)C5C=CC=CC5C=C6)cc4)n3)c2)c(C)n1. The number of fused-ring (bicyclic) bond motifs is 6. The lowest BCUT2D eigenvalue weighted by Gasteiger charge is -2.29. The van der Waals surface area contributed by atoms with E-state index in [4.69, 9.17) is 19.9 Å². The summed E-state index contributed by atoms with van der Waals surface area (Å²) in [7, 11) is 0. The molecule has 0 saturated heterocycles. The number of allylic oxidation sites excluding steroid dienone is 5. The van der Waals surface area contributed by atoms with Crippen molar-refractivity contribution < 1.29 is 0 Å². The van der Waals surface area contributed by atoms with Crippen molar-refractivity contribution in [3.63, 3.8) is 0 Å². The van der Waals surface area contributed by atoms with Gasteiger partial charge in [0.25, 0.3) is 0 Å². The van der Waals surface area contributed by atoms with Crippen LogP contribution in [0.2, 0.25) is 0 Å². The molecule has 0 saturated carbocycles. The Bertz CT molecular complexity index is 2850. The van der Waals surface area contributed by atoms with Gasteiger partial charge in [0.2, 0.25) is 0 Å². The van der Waals surface area contributed by atoms with Gasteiger partial charge in [-0.05, 0) is 48.6 Å². The number of benzene rings is 5. The number of aryl methyl sites for hydroxylation is 2. The van der Waals surface area contributed by atoms with Crippen LogP contribution in [0.4, 0.5) is 0 Å². The Labute approximate surface area is 315 Å². The maximum absolute atomic E-state index is 5.43. The molecule has 3 heterocycles. The molecular weight excluding hydrogens is 657 g/mol. The summed E-state index contributed by atoms with van der Waals surface area (Å²) in [5, 5.41) is 3.54. The standard InChI is InChI=1S/C50H36N4/c1-31-19-26-40(32(2)51-31)38-15-10-16-39(29-38)50-52-45(35-13-4-3-5-14-35)30-46(53-50)36-20-22-37(23-21-36)47-43-27-24-33-11-6-8-17-41(33)48(43)54-49-42-18-9-7-12-34(42)25-28-44(47)49/h3-30,33,41H,1-2H3. The minimum Gasteiger partial charge on any atom is -0.258 e. The highest BCUT2D eigenvalue weighted by Gasteiger charge is 2.29. The average molecular weight is 693 g/mol. The lowest BCUT2D eigenvalue weighted by Crippen LogP contribution is -2.16. The van der Waals surface area contributed by atoms with Crippen molar-refractivity contribution in [1.29, 1.82) is 0 Å². The van der Waals surface area contributed by atoms with Crippen LogP contribution in [0.3, 0.4) is 0 Å². The van der Waals surface area contributed by atoms with Crippen molar-refractivity contribution in [3.05, 3.63) is 186 Å². The fourth-order valence-electron chi connectivity index (χ4n) is 8.16. The van der Waals surface area contributed by atoms with Crippen molar-refractivity contribution in [1.82, 2.24) is 19.9 Å². The third-order valence-electron chi connectivity index (χ3n) is 10.8. The molecule has 10 rings (SSSR count). The summed E-state index contributed by atoms with van der Waals surface area (Å²) < 4.78 is 0. The van der Waals surface area contributed by atoms with Crippen LogP contribution in [-0.4, -0.2) is 19.9 Å². The average Bonchev–Trinajstić information content (AvgIpc) is 3.23. The second-order valence-corrected chi connectivity index (χ2v) is 14.3. The van der Waals surface area contributed by atoms with E-state index >= 15 is 0 Å². The van der Waals surface area contributed by atoms with Crippen molar-refractivity contribution in [2.45, 2.75) is 19.8 Å². The van der Waals surface area contributed by atoms with E-state index in [1.165, 1.54) is 21.9 Å². The quantitative estimate of drug-likeness (QED) is 0.169. The second kappa shape index (κ2) is 13.0. The Hall–Kier alpha value is -6.78. The normalized spacial score (nSPS) is 15.7. The molecule has 4 nitrogen and oxygen atoms in total. The van der Waals surface area contributed by atoms with Crippen molar-refractivity contribution >= 4 is 27.8 Å². The van der Waals surface area contributed by atoms with Gasteiger partial charge in [0.05, 0.1) is 22.6 Å². The summed E-state index contributed by atoms with van der Waals surface area (Å²) >= 11 is 0. The molecule has 0 bridgehead atoms. The zero-order valence-electron chi connectivity index (χ0n) is 30.1. The lowest BCUT2D eigenvalue weighted by atomic mass is 9.77. The molecule has 0 N–H and O–H groups in total. The smallest absolute Gasteiger partial charge is 0.160 e. The highest BCUT2D eigenvalue weighted by molar-refractivity contribution is 6.12. The Morgan fingerprint density at radius 3 is 2.06 bits per heavy atom. The van der Waals surface area contributed by atoms with E-state index in [9.17, 15) is 0 Å².